The first-order valence-corrected chi connectivity index (χ1v) is 7.19. The molecule has 0 saturated heterocycles. The van der Waals surface area contributed by atoms with Gasteiger partial charge in [-0.2, -0.15) is 0 Å². The molecule has 26 heavy (non-hydrogen) atoms. The molecule has 4 N–H and O–H groups in total. The van der Waals surface area contributed by atoms with Gasteiger partial charge in [0.25, 0.3) is 0 Å². The van der Waals surface area contributed by atoms with Crippen LogP contribution in [0.15, 0.2) is 48.5 Å². The van der Waals surface area contributed by atoms with Crippen LogP contribution in [0.3, 0.4) is 0 Å². The van der Waals surface area contributed by atoms with Gasteiger partial charge in [-0.1, -0.05) is 0 Å². The number of hydrogen-bond donors (Lipinski definition) is 2. The molecule has 0 saturated carbocycles. The van der Waals surface area contributed by atoms with Gasteiger partial charge >= 0.3 is 11.9 Å². The molecule has 2 rings (SSSR count). The molecule has 0 radical (unpaired) electrons. The summed E-state index contributed by atoms with van der Waals surface area (Å²) in [5.74, 6) is 12.6. The summed E-state index contributed by atoms with van der Waals surface area (Å²) in [5, 5.41) is 0. The Kier molecular flexibility index (Phi) is 6.29. The van der Waals surface area contributed by atoms with Crippen LogP contribution in [0, 0.1) is 35.5 Å². The number of ether oxygens (including phenoxy) is 2. The Balaban J connectivity index is 1.83. The SMILES string of the molecule is Nc1ccc(OC(=O)C#CC#CC#CC(=O)Oc2ccc(N)cc2)cc1. The number of carbonyl (C=O) groups is 2. The zero-order valence-electron chi connectivity index (χ0n) is 13.4. The van der Waals surface area contributed by atoms with Crippen LogP contribution in [0.5, 0.6) is 11.5 Å². The minimum Gasteiger partial charge on any atom is -0.417 e. The lowest BCUT2D eigenvalue weighted by atomic mass is 10.3. The highest BCUT2D eigenvalue weighted by molar-refractivity contribution is 5.91. The van der Waals surface area contributed by atoms with Crippen molar-refractivity contribution in [3.63, 3.8) is 0 Å². The van der Waals surface area contributed by atoms with Crippen molar-refractivity contribution in [1.82, 2.24) is 0 Å². The smallest absolute Gasteiger partial charge is 0.390 e. The Morgan fingerprint density at radius 1 is 0.615 bits per heavy atom. The summed E-state index contributed by atoms with van der Waals surface area (Å²) in [6.07, 6.45) is 0. The molecule has 0 aliphatic carbocycles. The lowest BCUT2D eigenvalue weighted by molar-refractivity contribution is -0.128. The van der Waals surface area contributed by atoms with Gasteiger partial charge in [-0.25, -0.2) is 9.59 Å². The van der Waals surface area contributed by atoms with E-state index in [4.69, 9.17) is 20.9 Å². The van der Waals surface area contributed by atoms with Gasteiger partial charge in [0.05, 0.1) is 0 Å². The number of nitrogens with two attached hydrogens (primary N) is 2. The molecule has 0 heterocycles. The van der Waals surface area contributed by atoms with Crippen LogP contribution in [-0.2, 0) is 9.59 Å². The van der Waals surface area contributed by atoms with Crippen molar-refractivity contribution in [2.75, 3.05) is 11.5 Å². The molecule has 0 bridgehead atoms. The minimum atomic E-state index is -0.778. The van der Waals surface area contributed by atoms with E-state index in [0.717, 1.165) is 0 Å². The summed E-state index contributed by atoms with van der Waals surface area (Å²) in [7, 11) is 0. The first-order valence-electron chi connectivity index (χ1n) is 7.19. The number of nitrogen functional groups attached to an aromatic ring is 2. The fourth-order valence-corrected chi connectivity index (χ4v) is 1.56. The lowest BCUT2D eigenvalue weighted by Gasteiger charge is -1.99. The van der Waals surface area contributed by atoms with E-state index in [1.165, 1.54) is 0 Å². The molecule has 0 spiro atoms. The van der Waals surface area contributed by atoms with Crippen LogP contribution in [0.2, 0.25) is 0 Å². The van der Waals surface area contributed by atoms with Gasteiger partial charge in [-0.15, -0.1) is 0 Å². The predicted molar refractivity (Wildman–Crippen MR) is 96.3 cm³/mol. The van der Waals surface area contributed by atoms with E-state index in [0.29, 0.717) is 22.9 Å². The monoisotopic (exact) mass is 344 g/mol. The molecular weight excluding hydrogens is 332 g/mol. The quantitative estimate of drug-likeness (QED) is 0.280. The standard InChI is InChI=1S/C20H12N2O4/c21-15-7-11-17(12-8-15)25-19(23)5-3-1-2-4-6-20(24)26-18-13-9-16(22)10-14-18/h7-14H,21-22H2. The van der Waals surface area contributed by atoms with Crippen LogP contribution in [0.1, 0.15) is 0 Å². The summed E-state index contributed by atoms with van der Waals surface area (Å²) in [6.45, 7) is 0. The maximum Gasteiger partial charge on any atom is 0.390 e. The number of anilines is 2. The summed E-state index contributed by atoms with van der Waals surface area (Å²) in [5.41, 5.74) is 12.1. The number of esters is 2. The zero-order valence-corrected chi connectivity index (χ0v) is 13.4. The third-order valence-corrected chi connectivity index (χ3v) is 2.70. The fourth-order valence-electron chi connectivity index (χ4n) is 1.56. The van der Waals surface area contributed by atoms with Crippen LogP contribution in [-0.4, -0.2) is 11.9 Å². The minimum absolute atomic E-state index is 0.316. The summed E-state index contributed by atoms with van der Waals surface area (Å²) >= 11 is 0. The molecule has 2 aromatic carbocycles. The van der Waals surface area contributed by atoms with Gasteiger partial charge in [0, 0.05) is 23.2 Å². The van der Waals surface area contributed by atoms with Gasteiger partial charge in [0.1, 0.15) is 11.5 Å². The van der Waals surface area contributed by atoms with Crippen molar-refractivity contribution in [1.29, 1.82) is 0 Å². The fraction of sp³-hybridized carbons (Fsp3) is 0. The number of rotatable bonds is 2. The lowest BCUT2D eigenvalue weighted by Crippen LogP contribution is -2.04. The zero-order chi connectivity index (χ0) is 18.8. The van der Waals surface area contributed by atoms with E-state index in [9.17, 15) is 9.59 Å². The molecular formula is C20H12N2O4. The second-order valence-corrected chi connectivity index (χ2v) is 4.67. The third kappa shape index (κ3) is 6.42. The summed E-state index contributed by atoms with van der Waals surface area (Å²) in [4.78, 5) is 22.9. The molecule has 0 aliphatic rings. The van der Waals surface area contributed by atoms with Crippen molar-refractivity contribution in [3.8, 4) is 47.0 Å². The van der Waals surface area contributed by atoms with Crippen molar-refractivity contribution in [3.05, 3.63) is 48.5 Å². The maximum atomic E-state index is 11.5. The molecule has 0 unspecified atom stereocenters. The predicted octanol–water partition coefficient (Wildman–Crippen LogP) is 1.37. The average molecular weight is 344 g/mol. The molecule has 2 aromatic rings. The van der Waals surface area contributed by atoms with Crippen molar-refractivity contribution in [2.45, 2.75) is 0 Å². The highest BCUT2D eigenvalue weighted by atomic mass is 16.5. The second-order valence-electron chi connectivity index (χ2n) is 4.67. The van der Waals surface area contributed by atoms with Gasteiger partial charge in [-0.3, -0.25) is 0 Å². The Hall–Kier alpha value is -4.34. The molecule has 0 amide bonds. The Morgan fingerprint density at radius 3 is 1.31 bits per heavy atom. The maximum absolute atomic E-state index is 11.5. The third-order valence-electron chi connectivity index (χ3n) is 2.70. The Labute approximate surface area is 150 Å². The van der Waals surface area contributed by atoms with E-state index in [-0.39, 0.29) is 0 Å². The largest absolute Gasteiger partial charge is 0.417 e. The molecule has 0 aromatic heterocycles. The molecule has 6 nitrogen and oxygen atoms in total. The van der Waals surface area contributed by atoms with Gasteiger partial charge in [-0.05, 0) is 72.2 Å². The van der Waals surface area contributed by atoms with Crippen LogP contribution >= 0.6 is 0 Å². The highest BCUT2D eigenvalue weighted by Crippen LogP contribution is 2.13. The van der Waals surface area contributed by atoms with Crippen molar-refractivity contribution >= 4 is 23.3 Å². The van der Waals surface area contributed by atoms with E-state index >= 15 is 0 Å². The molecule has 0 fully saturated rings. The van der Waals surface area contributed by atoms with E-state index in [2.05, 4.69) is 35.5 Å². The van der Waals surface area contributed by atoms with Gasteiger partial charge < -0.3 is 20.9 Å². The number of carbonyl (C=O) groups excluding carboxylic acids is 2. The first kappa shape index (κ1) is 18.0. The van der Waals surface area contributed by atoms with Crippen LogP contribution in [0.25, 0.3) is 0 Å². The van der Waals surface area contributed by atoms with Crippen molar-refractivity contribution in [2.24, 2.45) is 0 Å². The summed E-state index contributed by atoms with van der Waals surface area (Å²) in [6, 6.07) is 12.5. The van der Waals surface area contributed by atoms with E-state index in [1.54, 1.807) is 48.5 Å². The highest BCUT2D eigenvalue weighted by Gasteiger charge is 2.00. The van der Waals surface area contributed by atoms with Gasteiger partial charge in [0.2, 0.25) is 0 Å². The average Bonchev–Trinajstić information content (AvgIpc) is 2.62. The topological polar surface area (TPSA) is 105 Å². The molecule has 0 atom stereocenters. The molecule has 126 valence electrons. The van der Waals surface area contributed by atoms with Crippen LogP contribution in [0.4, 0.5) is 11.4 Å². The Morgan fingerprint density at radius 2 is 0.962 bits per heavy atom. The second kappa shape index (κ2) is 9.08. The first-order chi connectivity index (χ1) is 12.5. The van der Waals surface area contributed by atoms with E-state index < -0.39 is 11.9 Å². The number of hydrogen-bond acceptors (Lipinski definition) is 6. The number of benzene rings is 2. The Bertz CT molecular complexity index is 908. The normalized spacial score (nSPS) is 8.46. The molecule has 0 aliphatic heterocycles. The van der Waals surface area contributed by atoms with E-state index in [1.807, 2.05) is 0 Å². The molecule has 6 heteroatoms. The van der Waals surface area contributed by atoms with Crippen molar-refractivity contribution < 1.29 is 19.1 Å². The van der Waals surface area contributed by atoms with Gasteiger partial charge in [0.15, 0.2) is 0 Å². The summed E-state index contributed by atoms with van der Waals surface area (Å²) < 4.78 is 9.87. The van der Waals surface area contributed by atoms with Crippen LogP contribution < -0.4 is 20.9 Å².